The van der Waals surface area contributed by atoms with E-state index in [1.54, 1.807) is 5.67 Å². The van der Waals surface area contributed by atoms with Crippen molar-refractivity contribution >= 4 is 19.0 Å². The van der Waals surface area contributed by atoms with Gasteiger partial charge >= 0.3 is 0 Å². The molecule has 0 unspecified atom stereocenters. The first-order valence-corrected chi connectivity index (χ1v) is 15.3. The Bertz CT molecular complexity index is 275. The molecule has 0 aromatic carbocycles. The average Bonchev–Trinajstić information content (AvgIpc) is 2.50. The standard InChI is InChI=1S/C21H48O4Si2/c1-16(2)22-20(23-17(3)4)11-9-13-26-15-27-14-10-12-21(24-18(5)6)25-19(7)8/h16-21H,9-15,26-27H2,1-8H3. The van der Waals surface area contributed by atoms with Crippen molar-refractivity contribution in [3.63, 3.8) is 0 Å². The van der Waals surface area contributed by atoms with Crippen LogP contribution in [0.3, 0.4) is 0 Å². The van der Waals surface area contributed by atoms with Crippen LogP contribution in [0.5, 0.6) is 0 Å². The van der Waals surface area contributed by atoms with Crippen molar-refractivity contribution < 1.29 is 18.9 Å². The van der Waals surface area contributed by atoms with Crippen molar-refractivity contribution in [3.05, 3.63) is 0 Å². The van der Waals surface area contributed by atoms with E-state index in [0.29, 0.717) is 0 Å². The maximum Gasteiger partial charge on any atom is 0.158 e. The number of ether oxygens (including phenoxy) is 4. The molecule has 0 saturated carbocycles. The lowest BCUT2D eigenvalue weighted by Crippen LogP contribution is -2.24. The second kappa shape index (κ2) is 17.2. The lowest BCUT2D eigenvalue weighted by molar-refractivity contribution is -0.184. The lowest BCUT2D eigenvalue weighted by atomic mass is 10.3. The van der Waals surface area contributed by atoms with E-state index < -0.39 is 0 Å². The molecular formula is C21H48O4Si2. The monoisotopic (exact) mass is 420 g/mol. The normalized spacial score (nSPS) is 13.6. The van der Waals surface area contributed by atoms with Crippen molar-refractivity contribution in [3.8, 4) is 0 Å². The maximum atomic E-state index is 5.88. The Kier molecular flexibility index (Phi) is 17.3. The summed E-state index contributed by atoms with van der Waals surface area (Å²) in [4.78, 5) is 0. The highest BCUT2D eigenvalue weighted by molar-refractivity contribution is 6.55. The van der Waals surface area contributed by atoms with Crippen LogP contribution in [0.25, 0.3) is 0 Å². The van der Waals surface area contributed by atoms with Crippen LogP contribution in [0.1, 0.15) is 81.1 Å². The van der Waals surface area contributed by atoms with Crippen LogP contribution in [0, 0.1) is 0 Å². The Balaban J connectivity index is 3.72. The molecule has 164 valence electrons. The van der Waals surface area contributed by atoms with Gasteiger partial charge in [0.1, 0.15) is 0 Å². The minimum Gasteiger partial charge on any atom is -0.350 e. The molecule has 0 bridgehead atoms. The maximum absolute atomic E-state index is 5.88. The lowest BCUT2D eigenvalue weighted by Gasteiger charge is -2.23. The van der Waals surface area contributed by atoms with Crippen LogP contribution >= 0.6 is 0 Å². The molecule has 0 heterocycles. The van der Waals surface area contributed by atoms with E-state index in [-0.39, 0.29) is 56.0 Å². The molecule has 0 N–H and O–H groups in total. The molecule has 0 amide bonds. The van der Waals surface area contributed by atoms with Gasteiger partial charge in [-0.2, -0.15) is 0 Å². The molecule has 0 fully saturated rings. The van der Waals surface area contributed by atoms with Gasteiger partial charge in [0.25, 0.3) is 0 Å². The molecule has 0 spiro atoms. The van der Waals surface area contributed by atoms with E-state index in [2.05, 4.69) is 55.4 Å². The van der Waals surface area contributed by atoms with Gasteiger partial charge in [-0.05, 0) is 68.2 Å². The summed E-state index contributed by atoms with van der Waals surface area (Å²) in [6.45, 7) is 16.7. The molecule has 0 atom stereocenters. The Hall–Kier alpha value is 0.274. The molecule has 27 heavy (non-hydrogen) atoms. The predicted molar refractivity (Wildman–Crippen MR) is 122 cm³/mol. The first-order valence-electron chi connectivity index (χ1n) is 11.3. The van der Waals surface area contributed by atoms with Gasteiger partial charge in [-0.3, -0.25) is 0 Å². The van der Waals surface area contributed by atoms with E-state index in [0.717, 1.165) is 12.8 Å². The van der Waals surface area contributed by atoms with Gasteiger partial charge in [0, 0.05) is 19.0 Å². The fourth-order valence-corrected chi connectivity index (χ4v) is 8.58. The van der Waals surface area contributed by atoms with E-state index in [1.165, 1.54) is 24.9 Å². The predicted octanol–water partition coefficient (Wildman–Crippen LogP) is 4.45. The van der Waals surface area contributed by atoms with E-state index in [4.69, 9.17) is 18.9 Å². The highest BCUT2D eigenvalue weighted by Gasteiger charge is 2.14. The van der Waals surface area contributed by atoms with Crippen molar-refractivity contribution in [1.29, 1.82) is 0 Å². The Labute approximate surface area is 174 Å². The largest absolute Gasteiger partial charge is 0.350 e. The number of rotatable bonds is 18. The molecule has 0 aromatic heterocycles. The third-order valence-electron chi connectivity index (χ3n) is 4.08. The molecule has 0 aliphatic rings. The summed E-state index contributed by atoms with van der Waals surface area (Å²) in [6.07, 6.45) is 5.53. The van der Waals surface area contributed by atoms with E-state index >= 15 is 0 Å². The quantitative estimate of drug-likeness (QED) is 0.186. The van der Waals surface area contributed by atoms with Gasteiger partial charge in [-0.1, -0.05) is 30.6 Å². The molecule has 0 aliphatic carbocycles. The van der Waals surface area contributed by atoms with Gasteiger partial charge in [0.15, 0.2) is 12.6 Å². The summed E-state index contributed by atoms with van der Waals surface area (Å²) in [5, 5.41) is 0. The van der Waals surface area contributed by atoms with Crippen molar-refractivity contribution in [2.75, 3.05) is 0 Å². The third-order valence-corrected chi connectivity index (χ3v) is 10.1. The summed E-state index contributed by atoms with van der Waals surface area (Å²) < 4.78 is 23.5. The molecule has 0 saturated heterocycles. The van der Waals surface area contributed by atoms with Crippen molar-refractivity contribution in [2.45, 2.75) is 136 Å². The smallest absolute Gasteiger partial charge is 0.158 e. The van der Waals surface area contributed by atoms with E-state index in [9.17, 15) is 0 Å². The summed E-state index contributed by atoms with van der Waals surface area (Å²) >= 11 is 0. The zero-order valence-corrected chi connectivity index (χ0v) is 22.3. The molecule has 0 aliphatic heterocycles. The molecule has 0 radical (unpaired) electrons. The van der Waals surface area contributed by atoms with Crippen LogP contribution in [-0.2, 0) is 18.9 Å². The minimum atomic E-state index is -0.0184. The Morgan fingerprint density at radius 1 is 0.519 bits per heavy atom. The molecule has 0 aromatic rings. The highest BCUT2D eigenvalue weighted by atomic mass is 28.3. The second-order valence-electron chi connectivity index (χ2n) is 8.65. The fourth-order valence-electron chi connectivity index (χ4n) is 3.06. The third kappa shape index (κ3) is 19.4. The van der Waals surface area contributed by atoms with Crippen LogP contribution in [0.15, 0.2) is 0 Å². The highest BCUT2D eigenvalue weighted by Crippen LogP contribution is 2.14. The number of hydrogen-bond donors (Lipinski definition) is 0. The Morgan fingerprint density at radius 2 is 0.815 bits per heavy atom. The zero-order chi connectivity index (χ0) is 20.7. The minimum absolute atomic E-state index is 0.0184. The topological polar surface area (TPSA) is 36.9 Å². The molecule has 4 nitrogen and oxygen atoms in total. The van der Waals surface area contributed by atoms with Gasteiger partial charge in [0.2, 0.25) is 0 Å². The van der Waals surface area contributed by atoms with Gasteiger partial charge < -0.3 is 18.9 Å². The Morgan fingerprint density at radius 3 is 1.07 bits per heavy atom. The molecule has 0 rings (SSSR count). The van der Waals surface area contributed by atoms with Crippen LogP contribution in [0.2, 0.25) is 17.8 Å². The van der Waals surface area contributed by atoms with Crippen molar-refractivity contribution in [1.82, 2.24) is 0 Å². The molecule has 6 heteroatoms. The SMILES string of the molecule is CC(C)OC(CCC[SiH2]C[SiH2]CCCC(OC(C)C)OC(C)C)OC(C)C. The van der Waals surface area contributed by atoms with E-state index in [1.807, 2.05) is 0 Å². The average molecular weight is 421 g/mol. The first-order chi connectivity index (χ1) is 12.7. The van der Waals surface area contributed by atoms with Crippen LogP contribution < -0.4 is 0 Å². The number of hydrogen-bond acceptors (Lipinski definition) is 4. The van der Waals surface area contributed by atoms with Gasteiger partial charge in [0.05, 0.1) is 24.4 Å². The van der Waals surface area contributed by atoms with Gasteiger partial charge in [-0.15, -0.1) is 0 Å². The first kappa shape index (κ1) is 27.3. The second-order valence-corrected chi connectivity index (χ2v) is 14.3. The zero-order valence-electron chi connectivity index (χ0n) is 19.5. The summed E-state index contributed by atoms with van der Waals surface area (Å²) in [7, 11) is 0.238. The molecular weight excluding hydrogens is 372 g/mol. The van der Waals surface area contributed by atoms with Gasteiger partial charge in [-0.25, -0.2) is 0 Å². The van der Waals surface area contributed by atoms with Crippen LogP contribution in [0.4, 0.5) is 0 Å². The van der Waals surface area contributed by atoms with Crippen molar-refractivity contribution in [2.24, 2.45) is 0 Å². The summed E-state index contributed by atoms with van der Waals surface area (Å²) in [5.74, 6) is 0. The van der Waals surface area contributed by atoms with Crippen LogP contribution in [-0.4, -0.2) is 56.0 Å². The fraction of sp³-hybridized carbons (Fsp3) is 1.00. The summed E-state index contributed by atoms with van der Waals surface area (Å²) in [5.41, 5.74) is 1.58. The summed E-state index contributed by atoms with van der Waals surface area (Å²) in [6, 6.07) is 2.86.